The van der Waals surface area contributed by atoms with Crippen LogP contribution in [0.5, 0.6) is 0 Å². The second kappa shape index (κ2) is 25.6. The molecule has 2 heterocycles. The zero-order valence-corrected chi connectivity index (χ0v) is 34.1. The molecule has 4 rings (SSSR count). The van der Waals surface area contributed by atoms with Gasteiger partial charge in [0.1, 0.15) is 12.1 Å². The van der Waals surface area contributed by atoms with E-state index in [1.54, 1.807) is 18.2 Å². The van der Waals surface area contributed by atoms with E-state index in [1.165, 1.54) is 42.8 Å². The number of carbonyl (C=O) groups is 7. The number of hydrogen-bond donors (Lipinski definition) is 3. The first-order valence-electron chi connectivity index (χ1n) is 19.0. The molecule has 2 aliphatic heterocycles. The van der Waals surface area contributed by atoms with Gasteiger partial charge < -0.3 is 25.2 Å². The Labute approximate surface area is 338 Å². The van der Waals surface area contributed by atoms with Crippen LogP contribution >= 0.6 is 23.2 Å². The van der Waals surface area contributed by atoms with Crippen LogP contribution in [0.15, 0.2) is 42.5 Å². The Bertz CT molecular complexity index is 1610. The van der Waals surface area contributed by atoms with Gasteiger partial charge in [-0.15, -0.1) is 0 Å². The number of ether oxygens (including phenoxy) is 2. The Morgan fingerprint density at radius 2 is 1.55 bits per heavy atom. The van der Waals surface area contributed by atoms with Gasteiger partial charge in [0.2, 0.25) is 11.8 Å². The monoisotopic (exact) mass is 820 g/mol. The summed E-state index contributed by atoms with van der Waals surface area (Å²) in [6.07, 6.45) is 8.00. The lowest BCUT2D eigenvalue weighted by Gasteiger charge is -2.42. The SMILES string of the molecule is CC(=O)O.CCCCCCOCCC.CCc1ccc(C(=O)N[C@H]2CCC(=O)N3CCC[C@@H](C(=O)NCC(=O)COC(=O)c4c(Cl)cccc4Cl)N3C2=O)cc1. The van der Waals surface area contributed by atoms with Gasteiger partial charge in [-0.05, 0) is 68.4 Å². The maximum atomic E-state index is 13.6. The summed E-state index contributed by atoms with van der Waals surface area (Å²) in [5, 5.41) is 15.1. The van der Waals surface area contributed by atoms with Crippen molar-refractivity contribution in [2.75, 3.05) is 32.9 Å². The average molecular weight is 822 g/mol. The Balaban J connectivity index is 0.000000659. The van der Waals surface area contributed by atoms with Gasteiger partial charge in [-0.3, -0.25) is 33.8 Å². The van der Waals surface area contributed by atoms with E-state index in [9.17, 15) is 28.8 Å². The predicted molar refractivity (Wildman–Crippen MR) is 211 cm³/mol. The minimum Gasteiger partial charge on any atom is -0.481 e. The first kappa shape index (κ1) is 47.6. The van der Waals surface area contributed by atoms with Crippen molar-refractivity contribution in [3.05, 3.63) is 69.2 Å². The van der Waals surface area contributed by atoms with Crippen molar-refractivity contribution in [3.63, 3.8) is 0 Å². The molecular weight excluding hydrogens is 767 g/mol. The number of aliphatic carboxylic acids is 1. The lowest BCUT2D eigenvalue weighted by molar-refractivity contribution is -0.176. The highest BCUT2D eigenvalue weighted by molar-refractivity contribution is 6.39. The van der Waals surface area contributed by atoms with Crippen molar-refractivity contribution >= 4 is 64.6 Å². The molecule has 16 heteroatoms. The number of hydrogen-bond acceptors (Lipinski definition) is 9. The number of benzene rings is 2. The molecule has 4 amide bonds. The zero-order valence-electron chi connectivity index (χ0n) is 32.6. The van der Waals surface area contributed by atoms with Crippen molar-refractivity contribution in [2.24, 2.45) is 0 Å². The van der Waals surface area contributed by atoms with E-state index >= 15 is 0 Å². The quantitative estimate of drug-likeness (QED) is 0.138. The number of amides is 4. The summed E-state index contributed by atoms with van der Waals surface area (Å²) in [7, 11) is 0. The van der Waals surface area contributed by atoms with Gasteiger partial charge in [-0.25, -0.2) is 9.80 Å². The van der Waals surface area contributed by atoms with Gasteiger partial charge in [-0.1, -0.05) is 81.4 Å². The molecule has 0 aliphatic carbocycles. The summed E-state index contributed by atoms with van der Waals surface area (Å²) in [4.78, 5) is 86.2. The number of esters is 1. The molecule has 0 aromatic heterocycles. The Kier molecular flexibility index (Phi) is 21.8. The molecule has 2 atom stereocenters. The highest BCUT2D eigenvalue weighted by Gasteiger charge is 2.44. The van der Waals surface area contributed by atoms with Crippen molar-refractivity contribution in [1.29, 1.82) is 0 Å². The standard InChI is InChI=1S/C29H30Cl2N4O7.C9H20O.C2H4O2/c1-2-17-8-10-18(11-9-17)26(38)33-22-12-13-24(37)34-14-4-7-23(35(34)28(22)40)27(39)32-15-19(36)16-42-29(41)25-20(30)5-3-6-21(25)31;1-3-5-6-7-9-10-8-4-2;1-2(3)4/h3,5-6,8-11,22-23H,2,4,7,12-16H2,1H3,(H,32,39)(H,33,38);3-9H2,1-2H3;1H3,(H,3,4)/t22-,23-;;/m0../s1. The first-order chi connectivity index (χ1) is 26.7. The number of unbranched alkanes of at least 4 members (excludes halogenated alkanes) is 3. The van der Waals surface area contributed by atoms with Crippen LogP contribution in [-0.2, 0) is 39.9 Å². The van der Waals surface area contributed by atoms with Crippen LogP contribution in [0.2, 0.25) is 10.0 Å². The first-order valence-corrected chi connectivity index (χ1v) is 19.7. The number of nitrogens with zero attached hydrogens (tertiary/aromatic N) is 2. The average Bonchev–Trinajstić information content (AvgIpc) is 3.29. The van der Waals surface area contributed by atoms with E-state index in [0.29, 0.717) is 12.0 Å². The minimum atomic E-state index is -1.08. The number of aryl methyl sites for hydroxylation is 1. The van der Waals surface area contributed by atoms with Crippen molar-refractivity contribution in [2.45, 2.75) is 104 Å². The van der Waals surface area contributed by atoms with E-state index in [2.05, 4.69) is 24.5 Å². The molecule has 2 aromatic carbocycles. The van der Waals surface area contributed by atoms with Gasteiger partial charge >= 0.3 is 5.97 Å². The summed E-state index contributed by atoms with van der Waals surface area (Å²) in [5.74, 6) is -4.39. The molecule has 2 saturated heterocycles. The smallest absolute Gasteiger partial charge is 0.341 e. The van der Waals surface area contributed by atoms with Crippen LogP contribution in [0.25, 0.3) is 0 Å². The number of hydrazine groups is 1. The number of carbonyl (C=O) groups excluding carboxylic acids is 6. The van der Waals surface area contributed by atoms with Crippen molar-refractivity contribution < 1.29 is 48.1 Å². The molecule has 0 saturated carbocycles. The summed E-state index contributed by atoms with van der Waals surface area (Å²) >= 11 is 12.0. The van der Waals surface area contributed by atoms with E-state index in [-0.39, 0.29) is 47.3 Å². The molecule has 2 fully saturated rings. The number of fused-ring (bicyclic) bond motifs is 1. The molecular formula is C40H54Cl2N4O10. The fraction of sp³-hybridized carbons (Fsp3) is 0.525. The highest BCUT2D eigenvalue weighted by atomic mass is 35.5. The molecule has 0 radical (unpaired) electrons. The summed E-state index contributed by atoms with van der Waals surface area (Å²) < 4.78 is 10.3. The number of halogens is 2. The normalized spacial score (nSPS) is 16.2. The zero-order chi connectivity index (χ0) is 41.6. The van der Waals surface area contributed by atoms with Crippen LogP contribution in [0, 0.1) is 0 Å². The second-order valence-corrected chi connectivity index (χ2v) is 13.9. The van der Waals surface area contributed by atoms with E-state index in [4.69, 9.17) is 42.6 Å². The molecule has 2 aromatic rings. The van der Waals surface area contributed by atoms with E-state index < -0.39 is 60.7 Å². The van der Waals surface area contributed by atoms with Crippen LogP contribution in [0.3, 0.4) is 0 Å². The number of carboxylic acid groups (broad SMARTS) is 1. The second-order valence-electron chi connectivity index (χ2n) is 13.1. The van der Waals surface area contributed by atoms with Crippen LogP contribution in [0.1, 0.15) is 112 Å². The number of Topliss-reactive ketones (excluding diaryl/α,β-unsaturated/α-hetero) is 1. The maximum absolute atomic E-state index is 13.6. The number of ketones is 1. The Morgan fingerprint density at radius 3 is 2.16 bits per heavy atom. The van der Waals surface area contributed by atoms with Gasteiger partial charge in [0.15, 0.2) is 12.4 Å². The number of carboxylic acids is 1. The van der Waals surface area contributed by atoms with E-state index in [1.807, 2.05) is 19.1 Å². The van der Waals surface area contributed by atoms with Crippen LogP contribution in [-0.4, -0.2) is 101 Å². The topological polar surface area (TPSA) is 189 Å². The van der Waals surface area contributed by atoms with Gasteiger partial charge in [0, 0.05) is 38.7 Å². The fourth-order valence-electron chi connectivity index (χ4n) is 5.68. The lowest BCUT2D eigenvalue weighted by Crippen LogP contribution is -2.63. The van der Waals surface area contributed by atoms with Crippen LogP contribution in [0.4, 0.5) is 0 Å². The van der Waals surface area contributed by atoms with E-state index in [0.717, 1.165) is 43.6 Å². The molecule has 3 N–H and O–H groups in total. The fourth-order valence-corrected chi connectivity index (χ4v) is 6.23. The molecule has 2 aliphatic rings. The lowest BCUT2D eigenvalue weighted by atomic mass is 10.1. The predicted octanol–water partition coefficient (Wildman–Crippen LogP) is 5.81. The summed E-state index contributed by atoms with van der Waals surface area (Å²) in [6.45, 7) is 8.47. The van der Waals surface area contributed by atoms with Crippen LogP contribution < -0.4 is 10.6 Å². The van der Waals surface area contributed by atoms with Gasteiger partial charge in [-0.2, -0.15) is 0 Å². The minimum absolute atomic E-state index is 0.00952. The molecule has 0 unspecified atom stereocenters. The summed E-state index contributed by atoms with van der Waals surface area (Å²) in [6, 6.07) is 9.35. The third-order valence-corrected chi connectivity index (χ3v) is 9.21. The highest BCUT2D eigenvalue weighted by Crippen LogP contribution is 2.26. The van der Waals surface area contributed by atoms with Gasteiger partial charge in [0.25, 0.3) is 17.8 Å². The maximum Gasteiger partial charge on any atom is 0.341 e. The van der Waals surface area contributed by atoms with Crippen molar-refractivity contribution in [1.82, 2.24) is 20.7 Å². The molecule has 56 heavy (non-hydrogen) atoms. The third-order valence-electron chi connectivity index (χ3n) is 8.58. The molecule has 0 bridgehead atoms. The third kappa shape index (κ3) is 15.9. The summed E-state index contributed by atoms with van der Waals surface area (Å²) in [5.41, 5.74) is 1.35. The largest absolute Gasteiger partial charge is 0.481 e. The number of rotatable bonds is 16. The van der Waals surface area contributed by atoms with Gasteiger partial charge in [0.05, 0.1) is 22.2 Å². The molecule has 0 spiro atoms. The van der Waals surface area contributed by atoms with Crippen molar-refractivity contribution in [3.8, 4) is 0 Å². The number of nitrogens with one attached hydrogen (secondary N) is 2. The molecule has 14 nitrogen and oxygen atoms in total. The Hall–Kier alpha value is -4.53. The Morgan fingerprint density at radius 1 is 0.893 bits per heavy atom. The molecule has 308 valence electrons.